The van der Waals surface area contributed by atoms with Gasteiger partial charge in [-0.1, -0.05) is 60.8 Å². The van der Waals surface area contributed by atoms with Gasteiger partial charge in [0.25, 0.3) is 0 Å². The molecule has 1 saturated carbocycles. The van der Waals surface area contributed by atoms with E-state index < -0.39 is 0 Å². The third-order valence-corrected chi connectivity index (χ3v) is 3.41. The van der Waals surface area contributed by atoms with Crippen LogP contribution in [0.15, 0.2) is 0 Å². The maximum absolute atomic E-state index is 5.64. The van der Waals surface area contributed by atoms with Gasteiger partial charge in [-0.15, -0.1) is 0 Å². The zero-order chi connectivity index (χ0) is 13.0. The van der Waals surface area contributed by atoms with Crippen LogP contribution in [0.25, 0.3) is 0 Å². The van der Waals surface area contributed by atoms with Crippen LogP contribution >= 0.6 is 0 Å². The normalized spacial score (nSPS) is 28.3. The highest BCUT2D eigenvalue weighted by Crippen LogP contribution is 2.32. The van der Waals surface area contributed by atoms with Gasteiger partial charge < -0.3 is 5.73 Å². The molecule has 0 saturated heterocycles. The van der Waals surface area contributed by atoms with Gasteiger partial charge in [-0.2, -0.15) is 0 Å². The second kappa shape index (κ2) is 13.0. The van der Waals surface area contributed by atoms with Crippen LogP contribution in [-0.2, 0) is 0 Å². The highest BCUT2D eigenvalue weighted by molar-refractivity contribution is 4.75. The predicted molar refractivity (Wildman–Crippen MR) is 76.7 cm³/mol. The minimum absolute atomic E-state index is 0.816. The molecule has 1 aliphatic carbocycles. The van der Waals surface area contributed by atoms with Crippen molar-refractivity contribution in [2.24, 2.45) is 23.5 Å². The van der Waals surface area contributed by atoms with Crippen LogP contribution in [0.5, 0.6) is 0 Å². The summed E-state index contributed by atoms with van der Waals surface area (Å²) in [6, 6.07) is 0. The number of hydrogen-bond donors (Lipinski definition) is 1. The molecule has 0 spiro atoms. The molecule has 0 amide bonds. The summed E-state index contributed by atoms with van der Waals surface area (Å²) >= 11 is 0. The Morgan fingerprint density at radius 1 is 1.00 bits per heavy atom. The summed E-state index contributed by atoms with van der Waals surface area (Å²) in [5.41, 5.74) is 5.64. The van der Waals surface area contributed by atoms with Crippen molar-refractivity contribution in [3.63, 3.8) is 0 Å². The van der Waals surface area contributed by atoms with E-state index in [4.69, 9.17) is 5.73 Å². The van der Waals surface area contributed by atoms with Crippen molar-refractivity contribution in [3.8, 4) is 0 Å². The first kappa shape index (κ1) is 18.3. The molecule has 0 aromatic carbocycles. The summed E-state index contributed by atoms with van der Waals surface area (Å²) in [6.07, 6.45) is 6.78. The van der Waals surface area contributed by atoms with Crippen LogP contribution in [0.4, 0.5) is 0 Å². The number of unbranched alkanes of at least 4 members (excludes halogenated alkanes) is 1. The van der Waals surface area contributed by atoms with Gasteiger partial charge in [0.15, 0.2) is 0 Å². The van der Waals surface area contributed by atoms with Gasteiger partial charge in [-0.25, -0.2) is 0 Å². The van der Waals surface area contributed by atoms with Gasteiger partial charge in [-0.05, 0) is 37.1 Å². The van der Waals surface area contributed by atoms with E-state index in [1.54, 1.807) is 0 Å². The van der Waals surface area contributed by atoms with Crippen molar-refractivity contribution in [3.05, 3.63) is 0 Å². The molecule has 3 unspecified atom stereocenters. The minimum atomic E-state index is 0.816. The van der Waals surface area contributed by atoms with Crippen molar-refractivity contribution in [2.45, 2.75) is 73.6 Å². The summed E-state index contributed by atoms with van der Waals surface area (Å²) in [4.78, 5) is 0. The molecular formula is C15H35N. The third-order valence-electron chi connectivity index (χ3n) is 3.41. The average Bonchev–Trinajstić information content (AvgIpc) is 2.32. The van der Waals surface area contributed by atoms with Crippen molar-refractivity contribution < 1.29 is 0 Å². The molecule has 1 nitrogen and oxygen atoms in total. The van der Waals surface area contributed by atoms with E-state index in [-0.39, 0.29) is 0 Å². The smallest absolute Gasteiger partial charge is 0.00463 e. The summed E-state index contributed by atoms with van der Waals surface area (Å²) in [7, 11) is 0. The summed E-state index contributed by atoms with van der Waals surface area (Å²) in [6.45, 7) is 13.9. The first-order valence-electron chi connectivity index (χ1n) is 7.35. The van der Waals surface area contributed by atoms with E-state index in [2.05, 4.69) is 27.7 Å². The molecule has 100 valence electrons. The van der Waals surface area contributed by atoms with Crippen LogP contribution in [-0.4, -0.2) is 6.54 Å². The lowest BCUT2D eigenvalue weighted by atomic mass is 9.76. The number of rotatable bonds is 2. The SMILES string of the molecule is CC.CC1CCC(CN)C(C)C1.CCCC. The maximum Gasteiger partial charge on any atom is -0.00463 e. The quantitative estimate of drug-likeness (QED) is 0.719. The third kappa shape index (κ3) is 9.21. The largest absolute Gasteiger partial charge is 0.330 e. The topological polar surface area (TPSA) is 26.0 Å². The van der Waals surface area contributed by atoms with Crippen LogP contribution in [0.3, 0.4) is 0 Å². The van der Waals surface area contributed by atoms with E-state index in [1.807, 2.05) is 13.8 Å². The number of hydrogen-bond acceptors (Lipinski definition) is 1. The van der Waals surface area contributed by atoms with Crippen molar-refractivity contribution in [1.29, 1.82) is 0 Å². The lowest BCUT2D eigenvalue weighted by molar-refractivity contribution is 0.210. The maximum atomic E-state index is 5.64. The molecule has 2 N–H and O–H groups in total. The fourth-order valence-corrected chi connectivity index (χ4v) is 2.08. The van der Waals surface area contributed by atoms with Gasteiger partial charge >= 0.3 is 0 Å². The van der Waals surface area contributed by atoms with Gasteiger partial charge in [0.05, 0.1) is 0 Å². The molecule has 0 aromatic rings. The Hall–Kier alpha value is -0.0400. The molecule has 1 aliphatic rings. The van der Waals surface area contributed by atoms with Crippen molar-refractivity contribution >= 4 is 0 Å². The van der Waals surface area contributed by atoms with Gasteiger partial charge in [0.1, 0.15) is 0 Å². The zero-order valence-electron chi connectivity index (χ0n) is 12.6. The molecule has 1 heteroatoms. The summed E-state index contributed by atoms with van der Waals surface area (Å²) < 4.78 is 0. The lowest BCUT2D eigenvalue weighted by Crippen LogP contribution is -2.27. The highest BCUT2D eigenvalue weighted by atomic mass is 14.6. The molecule has 0 heterocycles. The Labute approximate surface area is 104 Å². The first-order chi connectivity index (χ1) is 7.65. The number of nitrogens with two attached hydrogens (primary N) is 1. The molecule has 0 aromatic heterocycles. The van der Waals surface area contributed by atoms with Gasteiger partial charge in [0.2, 0.25) is 0 Å². The van der Waals surface area contributed by atoms with E-state index in [0.717, 1.165) is 24.3 Å². The summed E-state index contributed by atoms with van der Waals surface area (Å²) in [5, 5.41) is 0. The molecule has 0 radical (unpaired) electrons. The highest BCUT2D eigenvalue weighted by Gasteiger charge is 2.23. The van der Waals surface area contributed by atoms with Crippen LogP contribution < -0.4 is 5.73 Å². The molecular weight excluding hydrogens is 194 g/mol. The standard InChI is InChI=1S/C9H19N.C4H10.C2H6/c1-7-3-4-9(6-10)8(2)5-7;1-3-4-2;1-2/h7-9H,3-6,10H2,1-2H3;3-4H2,1-2H3;1-2H3. The van der Waals surface area contributed by atoms with Crippen molar-refractivity contribution in [1.82, 2.24) is 0 Å². The fourth-order valence-electron chi connectivity index (χ4n) is 2.08. The van der Waals surface area contributed by atoms with Crippen LogP contribution in [0.2, 0.25) is 0 Å². The second-order valence-electron chi connectivity index (χ2n) is 4.89. The Kier molecular flexibility index (Phi) is 14.9. The van der Waals surface area contributed by atoms with E-state index >= 15 is 0 Å². The minimum Gasteiger partial charge on any atom is -0.330 e. The van der Waals surface area contributed by atoms with E-state index in [1.165, 1.54) is 32.1 Å². The molecule has 3 atom stereocenters. The predicted octanol–water partition coefficient (Wildman–Crippen LogP) is 4.85. The average molecular weight is 229 g/mol. The molecule has 16 heavy (non-hydrogen) atoms. The molecule has 0 aliphatic heterocycles. The Morgan fingerprint density at radius 3 is 1.81 bits per heavy atom. The molecule has 1 rings (SSSR count). The Balaban J connectivity index is 0. The van der Waals surface area contributed by atoms with E-state index in [0.29, 0.717) is 0 Å². The Morgan fingerprint density at radius 2 is 1.50 bits per heavy atom. The second-order valence-corrected chi connectivity index (χ2v) is 4.89. The van der Waals surface area contributed by atoms with E-state index in [9.17, 15) is 0 Å². The Bertz CT molecular complexity index is 121. The lowest BCUT2D eigenvalue weighted by Gasteiger charge is -2.31. The van der Waals surface area contributed by atoms with Crippen LogP contribution in [0, 0.1) is 17.8 Å². The fraction of sp³-hybridized carbons (Fsp3) is 1.00. The van der Waals surface area contributed by atoms with Crippen molar-refractivity contribution in [2.75, 3.05) is 6.54 Å². The zero-order valence-corrected chi connectivity index (χ0v) is 12.6. The monoisotopic (exact) mass is 229 g/mol. The van der Waals surface area contributed by atoms with Gasteiger partial charge in [-0.3, -0.25) is 0 Å². The molecule has 0 bridgehead atoms. The molecule has 1 fully saturated rings. The van der Waals surface area contributed by atoms with Crippen LogP contribution in [0.1, 0.15) is 73.6 Å². The first-order valence-corrected chi connectivity index (χ1v) is 7.35. The summed E-state index contributed by atoms with van der Waals surface area (Å²) in [5.74, 6) is 2.63. The van der Waals surface area contributed by atoms with Gasteiger partial charge in [0, 0.05) is 0 Å².